The monoisotopic (exact) mass is 158 g/mol. The molecule has 1 aliphatic rings. The molecule has 0 saturated carbocycles. The molecule has 2 amide bonds. The lowest BCUT2D eigenvalue weighted by Gasteiger charge is -2.34. The molecule has 11 heavy (non-hydrogen) atoms. The first-order chi connectivity index (χ1) is 5.09. The summed E-state index contributed by atoms with van der Waals surface area (Å²) in [6.07, 6.45) is 0.206. The predicted octanol–water partition coefficient (Wildman–Crippen LogP) is 0.174. The molecule has 1 rings (SSSR count). The number of carbonyl (C=O) groups excluding carboxylic acids is 1. The highest BCUT2D eigenvalue weighted by molar-refractivity contribution is 5.72. The summed E-state index contributed by atoms with van der Waals surface area (Å²) < 4.78 is 5.42. The number of rotatable bonds is 0. The van der Waals surface area contributed by atoms with Crippen molar-refractivity contribution >= 4 is 6.03 Å². The zero-order valence-electron chi connectivity index (χ0n) is 6.91. The van der Waals surface area contributed by atoms with Crippen LogP contribution in [0, 0.1) is 0 Å². The summed E-state index contributed by atoms with van der Waals surface area (Å²) in [7, 11) is 0. The van der Waals surface area contributed by atoms with Crippen LogP contribution in [-0.2, 0) is 4.74 Å². The molecule has 1 aliphatic heterocycles. The molecule has 2 atom stereocenters. The van der Waals surface area contributed by atoms with Crippen LogP contribution < -0.4 is 5.73 Å². The number of amides is 2. The smallest absolute Gasteiger partial charge is 0.314 e. The Balaban J connectivity index is 2.49. The highest BCUT2D eigenvalue weighted by atomic mass is 16.5. The Morgan fingerprint density at radius 3 is 2.27 bits per heavy atom. The van der Waals surface area contributed by atoms with Gasteiger partial charge in [0, 0.05) is 13.1 Å². The van der Waals surface area contributed by atoms with Crippen LogP contribution in [0.1, 0.15) is 13.8 Å². The van der Waals surface area contributed by atoms with Gasteiger partial charge in [-0.2, -0.15) is 0 Å². The number of carbonyl (C=O) groups is 1. The number of hydrogen-bond donors (Lipinski definition) is 1. The molecule has 4 heteroatoms. The first-order valence-electron chi connectivity index (χ1n) is 3.79. The summed E-state index contributed by atoms with van der Waals surface area (Å²) in [6, 6.07) is -0.355. The number of nitrogens with two attached hydrogens (primary N) is 1. The summed E-state index contributed by atoms with van der Waals surface area (Å²) in [4.78, 5) is 12.3. The van der Waals surface area contributed by atoms with Gasteiger partial charge in [-0.15, -0.1) is 0 Å². The Morgan fingerprint density at radius 1 is 1.45 bits per heavy atom. The number of urea groups is 1. The van der Waals surface area contributed by atoms with Gasteiger partial charge in [0.15, 0.2) is 0 Å². The van der Waals surface area contributed by atoms with Crippen molar-refractivity contribution in [2.75, 3.05) is 13.1 Å². The molecule has 0 aromatic carbocycles. The summed E-state index contributed by atoms with van der Waals surface area (Å²) in [5.74, 6) is 0. The second-order valence-electron chi connectivity index (χ2n) is 3.00. The average molecular weight is 158 g/mol. The van der Waals surface area contributed by atoms with Crippen LogP contribution in [0.4, 0.5) is 4.79 Å². The molecule has 0 radical (unpaired) electrons. The van der Waals surface area contributed by atoms with E-state index in [1.54, 1.807) is 4.90 Å². The Bertz CT molecular complexity index is 151. The van der Waals surface area contributed by atoms with Crippen molar-refractivity contribution in [2.45, 2.75) is 26.1 Å². The van der Waals surface area contributed by atoms with E-state index in [2.05, 4.69) is 0 Å². The van der Waals surface area contributed by atoms with Crippen molar-refractivity contribution < 1.29 is 9.53 Å². The Morgan fingerprint density at radius 2 is 1.91 bits per heavy atom. The summed E-state index contributed by atoms with van der Waals surface area (Å²) >= 11 is 0. The van der Waals surface area contributed by atoms with Gasteiger partial charge in [0.05, 0.1) is 12.2 Å². The summed E-state index contributed by atoms with van der Waals surface area (Å²) in [5, 5.41) is 0. The second kappa shape index (κ2) is 3.09. The van der Waals surface area contributed by atoms with Crippen molar-refractivity contribution in [1.82, 2.24) is 4.90 Å². The van der Waals surface area contributed by atoms with Gasteiger partial charge >= 0.3 is 6.03 Å². The lowest BCUT2D eigenvalue weighted by Crippen LogP contribution is -2.50. The van der Waals surface area contributed by atoms with Gasteiger partial charge in [0.1, 0.15) is 0 Å². The second-order valence-corrected chi connectivity index (χ2v) is 3.00. The van der Waals surface area contributed by atoms with Gasteiger partial charge in [0.25, 0.3) is 0 Å². The molecule has 0 aromatic rings. The van der Waals surface area contributed by atoms with Crippen molar-refractivity contribution in [2.24, 2.45) is 5.73 Å². The molecule has 64 valence electrons. The van der Waals surface area contributed by atoms with E-state index in [0.717, 1.165) is 0 Å². The molecule has 0 spiro atoms. The molecule has 0 aromatic heterocycles. The zero-order chi connectivity index (χ0) is 8.43. The van der Waals surface area contributed by atoms with E-state index in [-0.39, 0.29) is 18.2 Å². The van der Waals surface area contributed by atoms with E-state index in [4.69, 9.17) is 10.5 Å². The van der Waals surface area contributed by atoms with Gasteiger partial charge < -0.3 is 15.4 Å². The minimum Gasteiger partial charge on any atom is -0.372 e. The van der Waals surface area contributed by atoms with Crippen LogP contribution in [-0.4, -0.2) is 36.2 Å². The van der Waals surface area contributed by atoms with Crippen LogP contribution in [0.2, 0.25) is 0 Å². The third-order valence-electron chi connectivity index (χ3n) is 1.73. The maximum atomic E-state index is 10.7. The van der Waals surface area contributed by atoms with Gasteiger partial charge in [-0.25, -0.2) is 4.79 Å². The van der Waals surface area contributed by atoms with E-state index >= 15 is 0 Å². The molecule has 1 heterocycles. The summed E-state index contributed by atoms with van der Waals surface area (Å²) in [6.45, 7) is 5.09. The Labute approximate surface area is 66.3 Å². The molecular weight excluding hydrogens is 144 g/mol. The molecule has 0 aliphatic carbocycles. The quantitative estimate of drug-likeness (QED) is 0.546. The third kappa shape index (κ3) is 2.08. The Hall–Kier alpha value is -0.770. The van der Waals surface area contributed by atoms with E-state index < -0.39 is 0 Å². The fourth-order valence-electron chi connectivity index (χ4n) is 1.36. The van der Waals surface area contributed by atoms with Crippen LogP contribution in [0.5, 0.6) is 0 Å². The fraction of sp³-hybridized carbons (Fsp3) is 0.857. The lowest BCUT2D eigenvalue weighted by atomic mass is 10.2. The maximum absolute atomic E-state index is 10.7. The largest absolute Gasteiger partial charge is 0.372 e. The van der Waals surface area contributed by atoms with Gasteiger partial charge in [-0.3, -0.25) is 0 Å². The van der Waals surface area contributed by atoms with Gasteiger partial charge in [-0.05, 0) is 13.8 Å². The summed E-state index contributed by atoms with van der Waals surface area (Å²) in [5.41, 5.74) is 5.12. The number of morpholine rings is 1. The SMILES string of the molecule is C[C@@H]1CN(C(N)=O)C[C@H](C)O1. The topological polar surface area (TPSA) is 55.6 Å². The minimum atomic E-state index is -0.355. The fourth-order valence-corrected chi connectivity index (χ4v) is 1.36. The van der Waals surface area contributed by atoms with Crippen molar-refractivity contribution in [3.8, 4) is 0 Å². The minimum absolute atomic E-state index is 0.103. The first-order valence-corrected chi connectivity index (χ1v) is 3.79. The van der Waals surface area contributed by atoms with E-state index in [0.29, 0.717) is 13.1 Å². The van der Waals surface area contributed by atoms with E-state index in [1.807, 2.05) is 13.8 Å². The van der Waals surface area contributed by atoms with Crippen molar-refractivity contribution in [1.29, 1.82) is 0 Å². The highest BCUT2D eigenvalue weighted by Gasteiger charge is 2.23. The van der Waals surface area contributed by atoms with E-state index in [1.165, 1.54) is 0 Å². The zero-order valence-corrected chi connectivity index (χ0v) is 6.91. The van der Waals surface area contributed by atoms with Crippen LogP contribution in [0.15, 0.2) is 0 Å². The third-order valence-corrected chi connectivity index (χ3v) is 1.73. The maximum Gasteiger partial charge on any atom is 0.314 e. The van der Waals surface area contributed by atoms with E-state index in [9.17, 15) is 4.79 Å². The molecule has 1 saturated heterocycles. The number of primary amides is 1. The Kier molecular flexibility index (Phi) is 2.34. The predicted molar refractivity (Wildman–Crippen MR) is 41.2 cm³/mol. The first kappa shape index (κ1) is 8.33. The van der Waals surface area contributed by atoms with Crippen LogP contribution in [0.25, 0.3) is 0 Å². The molecule has 2 N–H and O–H groups in total. The molecule has 1 fully saturated rings. The van der Waals surface area contributed by atoms with Crippen LogP contribution >= 0.6 is 0 Å². The lowest BCUT2D eigenvalue weighted by molar-refractivity contribution is -0.0535. The molecule has 0 bridgehead atoms. The van der Waals surface area contributed by atoms with Gasteiger partial charge in [-0.1, -0.05) is 0 Å². The van der Waals surface area contributed by atoms with Crippen molar-refractivity contribution in [3.05, 3.63) is 0 Å². The highest BCUT2D eigenvalue weighted by Crippen LogP contribution is 2.09. The number of hydrogen-bond acceptors (Lipinski definition) is 2. The normalized spacial score (nSPS) is 32.0. The van der Waals surface area contributed by atoms with Gasteiger partial charge in [0.2, 0.25) is 0 Å². The standard InChI is InChI=1S/C7H14N2O2/c1-5-3-9(7(8)10)4-6(2)11-5/h5-6H,3-4H2,1-2H3,(H2,8,10)/t5-,6+. The van der Waals surface area contributed by atoms with Crippen LogP contribution in [0.3, 0.4) is 0 Å². The average Bonchev–Trinajstić information content (AvgIpc) is 1.85. The number of ether oxygens (including phenoxy) is 1. The number of nitrogens with zero attached hydrogens (tertiary/aromatic N) is 1. The molecular formula is C7H14N2O2. The molecule has 4 nitrogen and oxygen atoms in total. The van der Waals surface area contributed by atoms with Crippen molar-refractivity contribution in [3.63, 3.8) is 0 Å². The molecule has 0 unspecified atom stereocenters.